The number of rotatable bonds is 24. The third-order valence-electron chi connectivity index (χ3n) is 7.32. The summed E-state index contributed by atoms with van der Waals surface area (Å²) in [7, 11) is 0. The molecule has 0 aromatic carbocycles. The molecule has 0 amide bonds. The molecule has 0 spiro atoms. The van der Waals surface area contributed by atoms with Gasteiger partial charge in [0.2, 0.25) is 0 Å². The van der Waals surface area contributed by atoms with Gasteiger partial charge in [-0.25, -0.2) is 4.57 Å². The lowest BCUT2D eigenvalue weighted by atomic mass is 9.97. The third kappa shape index (κ3) is 17.3. The monoisotopic (exact) mass is 458 g/mol. The van der Waals surface area contributed by atoms with E-state index in [9.17, 15) is 0 Å². The van der Waals surface area contributed by atoms with Crippen LogP contribution in [0.15, 0.2) is 18.5 Å². The van der Waals surface area contributed by atoms with Crippen molar-refractivity contribution in [3.63, 3.8) is 0 Å². The van der Waals surface area contributed by atoms with E-state index in [-0.39, 0.29) is 0 Å². The predicted molar refractivity (Wildman–Crippen MR) is 148 cm³/mol. The highest BCUT2D eigenvalue weighted by Gasteiger charge is 2.10. The minimum absolute atomic E-state index is 1.19. The van der Waals surface area contributed by atoms with Crippen LogP contribution < -0.4 is 4.57 Å². The predicted octanol–water partition coefficient (Wildman–Crippen LogP) is 10.3. The summed E-state index contributed by atoms with van der Waals surface area (Å²) in [6, 6.07) is 2.46. The van der Waals surface area contributed by atoms with Crippen molar-refractivity contribution in [2.24, 2.45) is 0 Å². The summed E-state index contributed by atoms with van der Waals surface area (Å²) in [4.78, 5) is 0. The topological polar surface area (TPSA) is 3.88 Å². The number of nitrogens with zero attached hydrogens (tertiary/aromatic N) is 1. The third-order valence-corrected chi connectivity index (χ3v) is 7.32. The van der Waals surface area contributed by atoms with Gasteiger partial charge in [0.1, 0.15) is 6.54 Å². The molecule has 33 heavy (non-hydrogen) atoms. The van der Waals surface area contributed by atoms with E-state index in [1.165, 1.54) is 154 Å². The fourth-order valence-electron chi connectivity index (χ4n) is 5.02. The van der Waals surface area contributed by atoms with E-state index in [0.717, 1.165) is 0 Å². The van der Waals surface area contributed by atoms with Gasteiger partial charge in [-0.1, -0.05) is 130 Å². The number of aromatic nitrogens is 1. The van der Waals surface area contributed by atoms with Crippen molar-refractivity contribution in [2.75, 3.05) is 0 Å². The molecule has 1 aromatic rings. The van der Waals surface area contributed by atoms with Crippen molar-refractivity contribution in [3.8, 4) is 0 Å². The number of unbranched alkanes of at least 4 members (excludes halogenated alkanes) is 18. The second-order valence-corrected chi connectivity index (χ2v) is 10.6. The zero-order valence-corrected chi connectivity index (χ0v) is 23.1. The van der Waals surface area contributed by atoms with Crippen molar-refractivity contribution in [1.29, 1.82) is 0 Å². The summed E-state index contributed by atoms with van der Waals surface area (Å²) in [5, 5.41) is 0. The molecule has 192 valence electrons. The zero-order valence-electron chi connectivity index (χ0n) is 23.1. The van der Waals surface area contributed by atoms with E-state index in [2.05, 4.69) is 43.8 Å². The summed E-state index contributed by atoms with van der Waals surface area (Å²) in [6.07, 6.45) is 37.0. The maximum Gasteiger partial charge on any atom is 0.172 e. The molecule has 1 heteroatoms. The van der Waals surface area contributed by atoms with Crippen LogP contribution in [-0.2, 0) is 19.4 Å². The largest absolute Gasteiger partial charge is 0.205 e. The molecule has 0 saturated carbocycles. The molecule has 0 unspecified atom stereocenters. The van der Waals surface area contributed by atoms with Crippen molar-refractivity contribution in [2.45, 2.75) is 175 Å². The molecule has 0 N–H and O–H groups in total. The highest BCUT2D eigenvalue weighted by atomic mass is 14.9. The first kappa shape index (κ1) is 30.2. The molecule has 1 aromatic heterocycles. The lowest BCUT2D eigenvalue weighted by Gasteiger charge is -2.10. The first-order chi connectivity index (χ1) is 16.3. The van der Waals surface area contributed by atoms with Gasteiger partial charge in [-0.15, -0.1) is 0 Å². The Kier molecular flexibility index (Phi) is 21.0. The number of hydrogen-bond donors (Lipinski definition) is 0. The van der Waals surface area contributed by atoms with Gasteiger partial charge in [-0.05, 0) is 37.7 Å². The Hall–Kier alpha value is -0.850. The average molecular weight is 459 g/mol. The number of hydrogen-bond acceptors (Lipinski definition) is 0. The van der Waals surface area contributed by atoms with Gasteiger partial charge in [0.25, 0.3) is 0 Å². The fourth-order valence-corrected chi connectivity index (χ4v) is 5.02. The molecule has 0 radical (unpaired) electrons. The Morgan fingerprint density at radius 3 is 1.33 bits per heavy atom. The molecule has 0 aliphatic carbocycles. The molecular formula is C32H60N+. The Morgan fingerprint density at radius 2 is 0.848 bits per heavy atom. The van der Waals surface area contributed by atoms with Crippen LogP contribution in [0.5, 0.6) is 0 Å². The summed E-state index contributed by atoms with van der Waals surface area (Å²) < 4.78 is 2.47. The van der Waals surface area contributed by atoms with E-state index in [1.54, 1.807) is 11.1 Å². The summed E-state index contributed by atoms with van der Waals surface area (Å²) in [5.41, 5.74) is 3.29. The van der Waals surface area contributed by atoms with Crippen molar-refractivity contribution >= 4 is 0 Å². The van der Waals surface area contributed by atoms with Crippen LogP contribution in [0.1, 0.15) is 167 Å². The van der Waals surface area contributed by atoms with Gasteiger partial charge in [-0.3, -0.25) is 0 Å². The fraction of sp³-hybridized carbons (Fsp3) is 0.844. The van der Waals surface area contributed by atoms with Crippen molar-refractivity contribution in [1.82, 2.24) is 0 Å². The number of aryl methyl sites for hydroxylation is 3. The van der Waals surface area contributed by atoms with Crippen LogP contribution in [0.25, 0.3) is 0 Å². The molecule has 0 fully saturated rings. The first-order valence-electron chi connectivity index (χ1n) is 15.3. The minimum atomic E-state index is 1.19. The molecule has 1 heterocycles. The quantitative estimate of drug-likeness (QED) is 0.107. The van der Waals surface area contributed by atoms with Crippen LogP contribution in [-0.4, -0.2) is 0 Å². The van der Waals surface area contributed by atoms with Crippen LogP contribution in [0, 0.1) is 0 Å². The van der Waals surface area contributed by atoms with Gasteiger partial charge in [-0.2, -0.15) is 0 Å². The molecular weight excluding hydrogens is 398 g/mol. The van der Waals surface area contributed by atoms with Gasteiger partial charge in [0.05, 0.1) is 0 Å². The lowest BCUT2D eigenvalue weighted by molar-refractivity contribution is -0.697. The lowest BCUT2D eigenvalue weighted by Crippen LogP contribution is -2.33. The maximum atomic E-state index is 2.50. The van der Waals surface area contributed by atoms with Crippen LogP contribution >= 0.6 is 0 Å². The van der Waals surface area contributed by atoms with E-state index < -0.39 is 0 Å². The van der Waals surface area contributed by atoms with E-state index in [4.69, 9.17) is 0 Å². The molecule has 0 saturated heterocycles. The van der Waals surface area contributed by atoms with Crippen LogP contribution in [0.2, 0.25) is 0 Å². The molecule has 0 bridgehead atoms. The van der Waals surface area contributed by atoms with Gasteiger partial charge in [0, 0.05) is 18.1 Å². The molecule has 1 rings (SSSR count). The Morgan fingerprint density at radius 1 is 0.455 bits per heavy atom. The van der Waals surface area contributed by atoms with Gasteiger partial charge >= 0.3 is 0 Å². The highest BCUT2D eigenvalue weighted by Crippen LogP contribution is 2.17. The normalized spacial score (nSPS) is 11.4. The second-order valence-electron chi connectivity index (χ2n) is 10.6. The van der Waals surface area contributed by atoms with Crippen LogP contribution in [0.4, 0.5) is 0 Å². The van der Waals surface area contributed by atoms with Crippen molar-refractivity contribution < 1.29 is 4.57 Å². The maximum absolute atomic E-state index is 2.50. The first-order valence-corrected chi connectivity index (χ1v) is 15.3. The smallest absolute Gasteiger partial charge is 0.172 e. The SMILES string of the molecule is CCCCCCCCCCCc1cc[n+](CCCCC)cc1CCCCCCCCCCC. The zero-order chi connectivity index (χ0) is 23.8. The van der Waals surface area contributed by atoms with Gasteiger partial charge < -0.3 is 0 Å². The standard InChI is InChI=1S/C32H60N/c1-4-7-10-12-14-16-18-20-22-25-31-27-29-33(28-24-9-6-3)30-32(31)26-23-21-19-17-15-13-11-8-5-2/h27,29-30H,4-26,28H2,1-3H3/q+1. The van der Waals surface area contributed by atoms with E-state index in [0.29, 0.717) is 0 Å². The van der Waals surface area contributed by atoms with E-state index in [1.807, 2.05) is 0 Å². The van der Waals surface area contributed by atoms with Gasteiger partial charge in [0.15, 0.2) is 12.4 Å². The second kappa shape index (κ2) is 22.9. The molecule has 1 nitrogen and oxygen atoms in total. The average Bonchev–Trinajstić information content (AvgIpc) is 2.83. The highest BCUT2D eigenvalue weighted by molar-refractivity contribution is 5.21. The summed E-state index contributed by atoms with van der Waals surface area (Å²) >= 11 is 0. The summed E-state index contributed by atoms with van der Waals surface area (Å²) in [6.45, 7) is 8.10. The molecule has 0 aliphatic rings. The minimum Gasteiger partial charge on any atom is -0.205 e. The molecule has 0 atom stereocenters. The Labute approximate surface area is 209 Å². The summed E-state index contributed by atoms with van der Waals surface area (Å²) in [5.74, 6) is 0. The Bertz CT molecular complexity index is 535. The molecule has 0 aliphatic heterocycles. The number of pyridine rings is 1. The van der Waals surface area contributed by atoms with Crippen molar-refractivity contribution in [3.05, 3.63) is 29.6 Å². The Balaban J connectivity index is 2.35. The van der Waals surface area contributed by atoms with Crippen LogP contribution in [0.3, 0.4) is 0 Å². The van der Waals surface area contributed by atoms with E-state index >= 15 is 0 Å².